The van der Waals surface area contributed by atoms with E-state index in [0.29, 0.717) is 5.75 Å². The third-order valence-electron chi connectivity index (χ3n) is 3.43. The summed E-state index contributed by atoms with van der Waals surface area (Å²) < 4.78 is 10.5. The van der Waals surface area contributed by atoms with Gasteiger partial charge in [-0.25, -0.2) is 0 Å². The van der Waals surface area contributed by atoms with Crippen LogP contribution in [0, 0.1) is 13.8 Å². The standard InChI is InChI=1S/C20H22N2O4/c1-14-10-15(2)12-18(11-14)26-13-20(24)22-21-19(23)9-6-16-4-7-17(25-3)8-5-16/h4-12H,13H2,1-3H3,(H,21,23)(H,22,24)/b9-6+. The molecule has 0 aliphatic heterocycles. The fourth-order valence-electron chi connectivity index (χ4n) is 2.26. The van der Waals surface area contributed by atoms with E-state index in [1.165, 1.54) is 6.08 Å². The number of nitrogens with one attached hydrogen (secondary N) is 2. The maximum atomic E-state index is 11.7. The third-order valence-corrected chi connectivity index (χ3v) is 3.43. The zero-order chi connectivity index (χ0) is 18.9. The first-order valence-electron chi connectivity index (χ1n) is 8.08. The summed E-state index contributed by atoms with van der Waals surface area (Å²) in [6.45, 7) is 3.72. The highest BCUT2D eigenvalue weighted by Crippen LogP contribution is 2.16. The van der Waals surface area contributed by atoms with E-state index in [0.717, 1.165) is 22.4 Å². The van der Waals surface area contributed by atoms with Crippen LogP contribution in [0.4, 0.5) is 0 Å². The number of amides is 2. The molecule has 0 heterocycles. The van der Waals surface area contributed by atoms with Crippen molar-refractivity contribution in [1.82, 2.24) is 10.9 Å². The van der Waals surface area contributed by atoms with Gasteiger partial charge in [-0.15, -0.1) is 0 Å². The predicted octanol–water partition coefficient (Wildman–Crippen LogP) is 2.55. The quantitative estimate of drug-likeness (QED) is 0.617. The molecule has 6 nitrogen and oxygen atoms in total. The number of methoxy groups -OCH3 is 1. The Balaban J connectivity index is 1.75. The van der Waals surface area contributed by atoms with Gasteiger partial charge in [0.1, 0.15) is 11.5 Å². The minimum Gasteiger partial charge on any atom is -0.497 e. The van der Waals surface area contributed by atoms with Crippen LogP contribution in [0.1, 0.15) is 16.7 Å². The molecule has 0 unspecified atom stereocenters. The van der Waals surface area contributed by atoms with Crippen molar-refractivity contribution in [2.75, 3.05) is 13.7 Å². The van der Waals surface area contributed by atoms with Crippen molar-refractivity contribution in [3.8, 4) is 11.5 Å². The highest BCUT2D eigenvalue weighted by Gasteiger charge is 2.04. The highest BCUT2D eigenvalue weighted by atomic mass is 16.5. The molecule has 2 aromatic rings. The van der Waals surface area contributed by atoms with Crippen LogP contribution in [0.3, 0.4) is 0 Å². The summed E-state index contributed by atoms with van der Waals surface area (Å²) in [4.78, 5) is 23.5. The van der Waals surface area contributed by atoms with Gasteiger partial charge in [0.15, 0.2) is 6.61 Å². The smallest absolute Gasteiger partial charge is 0.276 e. The molecular weight excluding hydrogens is 332 g/mol. The van der Waals surface area contributed by atoms with Gasteiger partial charge < -0.3 is 9.47 Å². The molecule has 0 aliphatic rings. The van der Waals surface area contributed by atoms with Crippen LogP contribution in [0.5, 0.6) is 11.5 Å². The average Bonchev–Trinajstić information content (AvgIpc) is 2.62. The van der Waals surface area contributed by atoms with E-state index in [4.69, 9.17) is 9.47 Å². The van der Waals surface area contributed by atoms with Crippen molar-refractivity contribution in [3.05, 3.63) is 65.2 Å². The monoisotopic (exact) mass is 354 g/mol. The summed E-state index contributed by atoms with van der Waals surface area (Å²) >= 11 is 0. The maximum Gasteiger partial charge on any atom is 0.276 e. The molecule has 0 bridgehead atoms. The largest absolute Gasteiger partial charge is 0.497 e. The van der Waals surface area contributed by atoms with Gasteiger partial charge in [0.2, 0.25) is 0 Å². The number of rotatable bonds is 6. The first kappa shape index (κ1) is 19.1. The summed E-state index contributed by atoms with van der Waals surface area (Å²) in [7, 11) is 1.59. The normalized spacial score (nSPS) is 10.4. The lowest BCUT2D eigenvalue weighted by Crippen LogP contribution is -2.43. The van der Waals surface area contributed by atoms with Crippen LogP contribution < -0.4 is 20.3 Å². The van der Waals surface area contributed by atoms with Crippen LogP contribution >= 0.6 is 0 Å². The Morgan fingerprint density at radius 2 is 1.62 bits per heavy atom. The molecule has 26 heavy (non-hydrogen) atoms. The lowest BCUT2D eigenvalue weighted by molar-refractivity contribution is -0.128. The molecule has 2 N–H and O–H groups in total. The third kappa shape index (κ3) is 6.32. The van der Waals surface area contributed by atoms with Gasteiger partial charge in [0.05, 0.1) is 7.11 Å². The maximum absolute atomic E-state index is 11.7. The molecule has 0 fully saturated rings. The van der Waals surface area contributed by atoms with Gasteiger partial charge in [0.25, 0.3) is 11.8 Å². The summed E-state index contributed by atoms with van der Waals surface area (Å²) in [6, 6.07) is 12.9. The number of carbonyl (C=O) groups excluding carboxylic acids is 2. The van der Waals surface area contributed by atoms with E-state index in [-0.39, 0.29) is 6.61 Å². The van der Waals surface area contributed by atoms with Gasteiger partial charge in [-0.3, -0.25) is 20.4 Å². The zero-order valence-electron chi connectivity index (χ0n) is 15.0. The molecule has 0 saturated carbocycles. The van der Waals surface area contributed by atoms with E-state index in [1.807, 2.05) is 44.2 Å². The van der Waals surface area contributed by atoms with E-state index < -0.39 is 11.8 Å². The number of ether oxygens (including phenoxy) is 2. The second-order valence-electron chi connectivity index (χ2n) is 5.76. The fourth-order valence-corrected chi connectivity index (χ4v) is 2.26. The average molecular weight is 354 g/mol. The molecule has 0 saturated heterocycles. The van der Waals surface area contributed by atoms with Crippen molar-refractivity contribution < 1.29 is 19.1 Å². The van der Waals surface area contributed by atoms with Gasteiger partial charge in [-0.05, 0) is 60.9 Å². The number of hydrogen-bond donors (Lipinski definition) is 2. The summed E-state index contributed by atoms with van der Waals surface area (Å²) in [5.74, 6) is 0.460. The Hall–Kier alpha value is -3.28. The Bertz CT molecular complexity index is 778. The van der Waals surface area contributed by atoms with Crippen molar-refractivity contribution >= 4 is 17.9 Å². The lowest BCUT2D eigenvalue weighted by atomic mass is 10.1. The van der Waals surface area contributed by atoms with Gasteiger partial charge >= 0.3 is 0 Å². The van der Waals surface area contributed by atoms with Crippen molar-refractivity contribution in [2.45, 2.75) is 13.8 Å². The van der Waals surface area contributed by atoms with E-state index in [2.05, 4.69) is 10.9 Å². The fraction of sp³-hybridized carbons (Fsp3) is 0.200. The summed E-state index contributed by atoms with van der Waals surface area (Å²) in [6.07, 6.45) is 2.96. The van der Waals surface area contributed by atoms with Crippen molar-refractivity contribution in [3.63, 3.8) is 0 Å². The number of benzene rings is 2. The van der Waals surface area contributed by atoms with Crippen LogP contribution in [-0.4, -0.2) is 25.5 Å². The van der Waals surface area contributed by atoms with Crippen molar-refractivity contribution in [1.29, 1.82) is 0 Å². The van der Waals surface area contributed by atoms with Crippen molar-refractivity contribution in [2.24, 2.45) is 0 Å². The minimum absolute atomic E-state index is 0.189. The van der Waals surface area contributed by atoms with Gasteiger partial charge in [-0.2, -0.15) is 0 Å². The molecule has 2 aromatic carbocycles. The van der Waals surface area contributed by atoms with E-state index in [9.17, 15) is 9.59 Å². The number of hydrogen-bond acceptors (Lipinski definition) is 4. The summed E-state index contributed by atoms with van der Waals surface area (Å²) in [5, 5.41) is 0. The Morgan fingerprint density at radius 1 is 0.962 bits per heavy atom. The first-order chi connectivity index (χ1) is 12.5. The van der Waals surface area contributed by atoms with Crippen LogP contribution in [-0.2, 0) is 9.59 Å². The van der Waals surface area contributed by atoms with Crippen LogP contribution in [0.2, 0.25) is 0 Å². The first-order valence-corrected chi connectivity index (χ1v) is 8.08. The number of aryl methyl sites for hydroxylation is 2. The zero-order valence-corrected chi connectivity index (χ0v) is 15.0. The number of carbonyl (C=O) groups is 2. The predicted molar refractivity (Wildman–Crippen MR) is 99.7 cm³/mol. The Labute approximate surface area is 152 Å². The molecule has 136 valence electrons. The highest BCUT2D eigenvalue weighted by molar-refractivity contribution is 5.93. The van der Waals surface area contributed by atoms with Crippen LogP contribution in [0.25, 0.3) is 6.08 Å². The van der Waals surface area contributed by atoms with Gasteiger partial charge in [0, 0.05) is 6.08 Å². The minimum atomic E-state index is -0.449. The molecular formula is C20H22N2O4. The Morgan fingerprint density at radius 3 is 2.23 bits per heavy atom. The van der Waals surface area contributed by atoms with Crippen LogP contribution in [0.15, 0.2) is 48.5 Å². The molecule has 0 spiro atoms. The van der Waals surface area contributed by atoms with E-state index >= 15 is 0 Å². The second-order valence-corrected chi connectivity index (χ2v) is 5.76. The summed E-state index contributed by atoms with van der Waals surface area (Å²) in [5.41, 5.74) is 7.55. The second kappa shape index (κ2) is 9.27. The molecule has 0 aliphatic carbocycles. The molecule has 2 amide bonds. The molecule has 0 aromatic heterocycles. The lowest BCUT2D eigenvalue weighted by Gasteiger charge is -2.09. The number of hydrazine groups is 1. The molecule has 2 rings (SSSR count). The van der Waals surface area contributed by atoms with Gasteiger partial charge in [-0.1, -0.05) is 18.2 Å². The Kier molecular flexibility index (Phi) is 6.79. The topological polar surface area (TPSA) is 76.7 Å². The molecule has 0 radical (unpaired) electrons. The SMILES string of the molecule is COc1ccc(/C=C/C(=O)NNC(=O)COc2cc(C)cc(C)c2)cc1. The molecule has 6 heteroatoms. The molecule has 0 atom stereocenters. The van der Waals surface area contributed by atoms with E-state index in [1.54, 1.807) is 25.3 Å².